The lowest BCUT2D eigenvalue weighted by atomic mass is 10.1. The molecule has 0 bridgehead atoms. The molecule has 7 rings (SSSR count). The van der Waals surface area contributed by atoms with E-state index in [9.17, 15) is 4.79 Å². The number of nitrogens with zero attached hydrogens (tertiary/aromatic N) is 6. The molecule has 9 nitrogen and oxygen atoms in total. The lowest BCUT2D eigenvalue weighted by Crippen LogP contribution is -2.40. The summed E-state index contributed by atoms with van der Waals surface area (Å²) in [6.45, 7) is 2.21. The highest BCUT2D eigenvalue weighted by Gasteiger charge is 2.38. The summed E-state index contributed by atoms with van der Waals surface area (Å²) in [5, 5.41) is 5.75. The standard InChI is InChI=1S/C32H35N7O2/c33-31-29-30(22-10-16-27(17-11-22)41-26-7-2-1-3-8-26)36-39(32(29)35-21-34-31)25-6-4-18-37(20-25)28(40)9-5-19-38(23-12-13-23)24-14-15-24/h1-3,5,7-11,16-17,21,23-25H,4,6,12-15,18-20H2,(H2,33,34,35). The predicted octanol–water partition coefficient (Wildman–Crippen LogP) is 5.21. The van der Waals surface area contributed by atoms with Crippen molar-refractivity contribution in [2.75, 3.05) is 25.4 Å². The molecule has 41 heavy (non-hydrogen) atoms. The van der Waals surface area contributed by atoms with Crippen LogP contribution >= 0.6 is 0 Å². The number of nitrogen functional groups attached to an aromatic ring is 1. The first-order valence-electron chi connectivity index (χ1n) is 14.7. The van der Waals surface area contributed by atoms with Crippen molar-refractivity contribution in [3.63, 3.8) is 0 Å². The maximum atomic E-state index is 13.2. The van der Waals surface area contributed by atoms with Gasteiger partial charge < -0.3 is 15.4 Å². The maximum absolute atomic E-state index is 13.2. The van der Waals surface area contributed by atoms with Crippen molar-refractivity contribution in [2.45, 2.75) is 56.7 Å². The normalized spacial score (nSPS) is 19.3. The first kappa shape index (κ1) is 25.7. The van der Waals surface area contributed by atoms with Crippen LogP contribution < -0.4 is 10.5 Å². The lowest BCUT2D eigenvalue weighted by molar-refractivity contribution is -0.127. The van der Waals surface area contributed by atoms with Gasteiger partial charge in [-0.3, -0.25) is 9.69 Å². The number of carbonyl (C=O) groups excluding carboxylic acids is 1. The van der Waals surface area contributed by atoms with E-state index in [4.69, 9.17) is 15.6 Å². The molecule has 2 saturated carbocycles. The van der Waals surface area contributed by atoms with Crippen LogP contribution in [0.4, 0.5) is 5.82 Å². The molecule has 3 heterocycles. The molecule has 1 aliphatic heterocycles. The first-order valence-corrected chi connectivity index (χ1v) is 14.7. The largest absolute Gasteiger partial charge is 0.457 e. The highest BCUT2D eigenvalue weighted by molar-refractivity contribution is 5.98. The summed E-state index contributed by atoms with van der Waals surface area (Å²) in [6.07, 6.45) is 12.3. The van der Waals surface area contributed by atoms with Gasteiger partial charge in [0.2, 0.25) is 5.91 Å². The molecule has 2 N–H and O–H groups in total. The van der Waals surface area contributed by atoms with Crippen molar-refractivity contribution < 1.29 is 9.53 Å². The quantitative estimate of drug-likeness (QED) is 0.286. The zero-order valence-corrected chi connectivity index (χ0v) is 23.1. The highest BCUT2D eigenvalue weighted by atomic mass is 16.5. The Bertz CT molecular complexity index is 1550. The lowest BCUT2D eigenvalue weighted by Gasteiger charge is -2.32. The Kier molecular flexibility index (Phi) is 6.88. The molecule has 3 fully saturated rings. The third kappa shape index (κ3) is 5.54. The number of anilines is 1. The van der Waals surface area contributed by atoms with Gasteiger partial charge in [0.25, 0.3) is 0 Å². The minimum absolute atomic E-state index is 0.00163. The van der Waals surface area contributed by atoms with Crippen LogP contribution in [0.15, 0.2) is 73.1 Å². The zero-order chi connectivity index (χ0) is 27.8. The summed E-state index contributed by atoms with van der Waals surface area (Å²) in [5.41, 5.74) is 8.69. The summed E-state index contributed by atoms with van der Waals surface area (Å²) in [6, 6.07) is 19.0. The molecule has 1 amide bonds. The predicted molar refractivity (Wildman–Crippen MR) is 158 cm³/mol. The topological polar surface area (TPSA) is 102 Å². The molecule has 1 atom stereocenters. The van der Waals surface area contributed by atoms with E-state index in [0.717, 1.165) is 66.2 Å². The van der Waals surface area contributed by atoms with E-state index < -0.39 is 0 Å². The van der Waals surface area contributed by atoms with Crippen LogP contribution in [-0.2, 0) is 4.79 Å². The maximum Gasteiger partial charge on any atom is 0.246 e. The van der Waals surface area contributed by atoms with Crippen molar-refractivity contribution in [1.29, 1.82) is 0 Å². The van der Waals surface area contributed by atoms with Crippen LogP contribution in [0.3, 0.4) is 0 Å². The number of aromatic nitrogens is 4. The van der Waals surface area contributed by atoms with Crippen LogP contribution in [0.25, 0.3) is 22.3 Å². The van der Waals surface area contributed by atoms with Crippen molar-refractivity contribution in [3.8, 4) is 22.8 Å². The van der Waals surface area contributed by atoms with Gasteiger partial charge in [0.05, 0.1) is 11.4 Å². The Balaban J connectivity index is 1.10. The monoisotopic (exact) mass is 549 g/mol. The van der Waals surface area contributed by atoms with Gasteiger partial charge in [-0.2, -0.15) is 5.10 Å². The molecule has 0 spiro atoms. The molecular weight excluding hydrogens is 514 g/mol. The number of carbonyl (C=O) groups is 1. The fourth-order valence-corrected chi connectivity index (χ4v) is 5.90. The van der Waals surface area contributed by atoms with Gasteiger partial charge in [0.15, 0.2) is 5.65 Å². The first-order chi connectivity index (χ1) is 20.1. The Morgan fingerprint density at radius 1 is 0.976 bits per heavy atom. The molecule has 0 radical (unpaired) electrons. The number of rotatable bonds is 9. The molecule has 2 aromatic carbocycles. The van der Waals surface area contributed by atoms with Gasteiger partial charge in [-0.15, -0.1) is 0 Å². The van der Waals surface area contributed by atoms with Gasteiger partial charge in [0.1, 0.15) is 29.3 Å². The van der Waals surface area contributed by atoms with E-state index >= 15 is 0 Å². The minimum Gasteiger partial charge on any atom is -0.457 e. The van der Waals surface area contributed by atoms with Gasteiger partial charge in [-0.05, 0) is 74.9 Å². The molecular formula is C32H35N7O2. The number of para-hydroxylation sites is 1. The number of benzene rings is 2. The van der Waals surface area contributed by atoms with Crippen LogP contribution in [0.1, 0.15) is 44.6 Å². The Morgan fingerprint density at radius 3 is 2.44 bits per heavy atom. The van der Waals surface area contributed by atoms with E-state index in [1.165, 1.54) is 32.0 Å². The number of nitrogens with two attached hydrogens (primary N) is 1. The van der Waals surface area contributed by atoms with Crippen molar-refractivity contribution >= 4 is 22.8 Å². The van der Waals surface area contributed by atoms with E-state index in [2.05, 4.69) is 20.9 Å². The van der Waals surface area contributed by atoms with E-state index in [-0.39, 0.29) is 11.9 Å². The van der Waals surface area contributed by atoms with Crippen molar-refractivity contribution in [1.82, 2.24) is 29.5 Å². The smallest absolute Gasteiger partial charge is 0.246 e. The summed E-state index contributed by atoms with van der Waals surface area (Å²) >= 11 is 0. The van der Waals surface area contributed by atoms with E-state index in [1.807, 2.05) is 64.2 Å². The molecule has 2 aromatic heterocycles. The average molecular weight is 550 g/mol. The second-order valence-corrected chi connectivity index (χ2v) is 11.3. The molecule has 2 aliphatic carbocycles. The van der Waals surface area contributed by atoms with Crippen LogP contribution in [0.5, 0.6) is 11.5 Å². The SMILES string of the molecule is Nc1ncnc2c1c(-c1ccc(Oc3ccccc3)cc1)nn2C1CCCN(C(=O)C=CCN(C2CC2)C2CC2)C1. The van der Waals surface area contributed by atoms with Crippen LogP contribution in [0.2, 0.25) is 0 Å². The fourth-order valence-electron chi connectivity index (χ4n) is 5.90. The summed E-state index contributed by atoms with van der Waals surface area (Å²) in [4.78, 5) is 26.5. The molecule has 1 unspecified atom stereocenters. The van der Waals surface area contributed by atoms with E-state index in [1.54, 1.807) is 6.08 Å². The van der Waals surface area contributed by atoms with Crippen molar-refractivity contribution in [2.24, 2.45) is 0 Å². The minimum atomic E-state index is 0.00163. The number of amides is 1. The second kappa shape index (κ2) is 11.0. The molecule has 1 saturated heterocycles. The number of likely N-dealkylation sites (tertiary alicyclic amines) is 1. The van der Waals surface area contributed by atoms with Gasteiger partial charge >= 0.3 is 0 Å². The third-order valence-corrected chi connectivity index (χ3v) is 8.29. The van der Waals surface area contributed by atoms with Gasteiger partial charge in [-0.25, -0.2) is 14.6 Å². The molecule has 9 heteroatoms. The fraction of sp³-hybridized carbons (Fsp3) is 0.375. The Labute approximate surface area is 239 Å². The number of fused-ring (bicyclic) bond motifs is 1. The number of piperidine rings is 1. The molecule has 210 valence electrons. The van der Waals surface area contributed by atoms with Crippen molar-refractivity contribution in [3.05, 3.63) is 73.1 Å². The summed E-state index contributed by atoms with van der Waals surface area (Å²) in [5.74, 6) is 1.98. The average Bonchev–Trinajstić information content (AvgIpc) is 3.95. The summed E-state index contributed by atoms with van der Waals surface area (Å²) in [7, 11) is 0. The molecule has 3 aliphatic rings. The molecule has 4 aromatic rings. The van der Waals surface area contributed by atoms with Gasteiger partial charge in [-0.1, -0.05) is 24.3 Å². The Morgan fingerprint density at radius 2 is 1.71 bits per heavy atom. The highest BCUT2D eigenvalue weighted by Crippen LogP contribution is 2.37. The number of ether oxygens (including phenoxy) is 1. The number of hydrogen-bond donors (Lipinski definition) is 1. The third-order valence-electron chi connectivity index (χ3n) is 8.29. The van der Waals surface area contributed by atoms with Crippen LogP contribution in [-0.4, -0.2) is 67.2 Å². The van der Waals surface area contributed by atoms with Crippen LogP contribution in [0, 0.1) is 0 Å². The second-order valence-electron chi connectivity index (χ2n) is 11.3. The Hall–Kier alpha value is -4.24. The van der Waals surface area contributed by atoms with E-state index in [0.29, 0.717) is 18.0 Å². The summed E-state index contributed by atoms with van der Waals surface area (Å²) < 4.78 is 7.91. The van der Waals surface area contributed by atoms with Gasteiger partial charge in [0, 0.05) is 43.4 Å². The number of hydrogen-bond acceptors (Lipinski definition) is 7. The zero-order valence-electron chi connectivity index (χ0n) is 23.1.